The van der Waals surface area contributed by atoms with Crippen molar-refractivity contribution in [1.82, 2.24) is 5.32 Å². The first-order valence-electron chi connectivity index (χ1n) is 30.2. The Morgan fingerprint density at radius 3 is 1.15 bits per heavy atom. The Morgan fingerprint density at radius 1 is 0.412 bits per heavy atom. The van der Waals surface area contributed by atoms with Crippen LogP contribution in [0.25, 0.3) is 0 Å². The molecule has 0 saturated heterocycles. The summed E-state index contributed by atoms with van der Waals surface area (Å²) in [6, 6.07) is -0.570. The number of aliphatic hydroxyl groups is 2. The van der Waals surface area contributed by atoms with Crippen molar-refractivity contribution in [2.75, 3.05) is 13.2 Å². The van der Waals surface area contributed by atoms with Crippen LogP contribution in [-0.4, -0.2) is 47.4 Å². The average molecular weight is 957 g/mol. The van der Waals surface area contributed by atoms with Gasteiger partial charge in [-0.15, -0.1) is 0 Å². The molecule has 0 aliphatic carbocycles. The van der Waals surface area contributed by atoms with E-state index < -0.39 is 12.1 Å². The van der Waals surface area contributed by atoms with Gasteiger partial charge < -0.3 is 20.3 Å². The number of esters is 1. The maximum Gasteiger partial charge on any atom is 0.305 e. The molecule has 0 fully saturated rings. The van der Waals surface area contributed by atoms with Gasteiger partial charge in [-0.1, -0.05) is 262 Å². The molecule has 0 aliphatic rings. The van der Waals surface area contributed by atoms with E-state index in [2.05, 4.69) is 55.6 Å². The van der Waals surface area contributed by atoms with Crippen molar-refractivity contribution in [2.24, 2.45) is 0 Å². The number of carbonyl (C=O) groups excluding carboxylic acids is 2. The van der Waals surface area contributed by atoms with Crippen molar-refractivity contribution in [3.05, 3.63) is 36.5 Å². The number of hydrogen-bond acceptors (Lipinski definition) is 5. The van der Waals surface area contributed by atoms with E-state index >= 15 is 0 Å². The highest BCUT2D eigenvalue weighted by molar-refractivity contribution is 5.76. The summed E-state index contributed by atoms with van der Waals surface area (Å²) in [5.74, 6) is -0.118. The Bertz CT molecular complexity index is 1100. The Labute approximate surface area is 424 Å². The average Bonchev–Trinajstić information content (AvgIpc) is 3.34. The van der Waals surface area contributed by atoms with E-state index in [-0.39, 0.29) is 18.5 Å². The fourth-order valence-electron chi connectivity index (χ4n) is 9.25. The van der Waals surface area contributed by atoms with Crippen molar-refractivity contribution in [3.8, 4) is 0 Å². The summed E-state index contributed by atoms with van der Waals surface area (Å²) in [6.07, 6.45) is 71.5. The molecule has 0 aromatic carbocycles. The molecule has 0 bridgehead atoms. The number of amides is 1. The summed E-state index contributed by atoms with van der Waals surface area (Å²) in [5.41, 5.74) is 0. The molecule has 2 atom stereocenters. The number of ether oxygens (including phenoxy) is 1. The molecule has 6 nitrogen and oxygen atoms in total. The second-order valence-corrected chi connectivity index (χ2v) is 20.7. The second kappa shape index (κ2) is 57.7. The van der Waals surface area contributed by atoms with Gasteiger partial charge in [0.1, 0.15) is 0 Å². The molecule has 0 saturated carbocycles. The van der Waals surface area contributed by atoms with Crippen LogP contribution in [0, 0.1) is 0 Å². The normalized spacial score (nSPS) is 12.8. The zero-order valence-electron chi connectivity index (χ0n) is 45.6. The predicted molar refractivity (Wildman–Crippen MR) is 296 cm³/mol. The highest BCUT2D eigenvalue weighted by Crippen LogP contribution is 2.17. The number of hydrogen-bond donors (Lipinski definition) is 3. The molecule has 0 aliphatic heterocycles. The Kier molecular flexibility index (Phi) is 56.0. The van der Waals surface area contributed by atoms with E-state index in [0.717, 1.165) is 89.9 Å². The molecule has 2 unspecified atom stereocenters. The number of nitrogens with one attached hydrogen (secondary N) is 1. The van der Waals surface area contributed by atoms with E-state index in [1.165, 1.54) is 199 Å². The first-order chi connectivity index (χ1) is 33.5. The third kappa shape index (κ3) is 53.4. The van der Waals surface area contributed by atoms with E-state index in [1.54, 1.807) is 0 Å². The van der Waals surface area contributed by atoms with E-state index in [4.69, 9.17) is 4.74 Å². The SMILES string of the molecule is CCCCCC/C=C\C/C=C\CCCCCCCC(=O)OCCCC/C=C\CCCCCCC(=O)NC(CO)C(O)CCCCCCCCCCCCCCCCCCCCCCCCCCC. The minimum Gasteiger partial charge on any atom is -0.466 e. The lowest BCUT2D eigenvalue weighted by atomic mass is 10.0. The number of allylic oxidation sites excluding steroid dienone is 6. The molecule has 0 rings (SSSR count). The lowest BCUT2D eigenvalue weighted by Crippen LogP contribution is -2.45. The first-order valence-corrected chi connectivity index (χ1v) is 30.2. The van der Waals surface area contributed by atoms with Gasteiger partial charge in [0.15, 0.2) is 0 Å². The number of aliphatic hydroxyl groups excluding tert-OH is 2. The number of unbranched alkanes of at least 4 members (excludes halogenated alkanes) is 39. The van der Waals surface area contributed by atoms with Crippen LogP contribution in [0.15, 0.2) is 36.5 Å². The van der Waals surface area contributed by atoms with Gasteiger partial charge in [0, 0.05) is 12.8 Å². The van der Waals surface area contributed by atoms with Crippen LogP contribution in [0.4, 0.5) is 0 Å². The lowest BCUT2D eigenvalue weighted by molar-refractivity contribution is -0.143. The highest BCUT2D eigenvalue weighted by atomic mass is 16.5. The summed E-state index contributed by atoms with van der Waals surface area (Å²) in [5, 5.41) is 23.3. The number of rotatable bonds is 56. The summed E-state index contributed by atoms with van der Waals surface area (Å²) in [4.78, 5) is 24.6. The fourth-order valence-corrected chi connectivity index (χ4v) is 9.25. The highest BCUT2D eigenvalue weighted by Gasteiger charge is 2.20. The van der Waals surface area contributed by atoms with Gasteiger partial charge in [-0.2, -0.15) is 0 Å². The Balaban J connectivity index is 3.51. The van der Waals surface area contributed by atoms with Crippen molar-refractivity contribution in [3.63, 3.8) is 0 Å². The topological polar surface area (TPSA) is 95.9 Å². The molecular formula is C62H117NO5. The van der Waals surface area contributed by atoms with Crippen LogP contribution in [0.2, 0.25) is 0 Å². The maximum absolute atomic E-state index is 12.5. The Hall–Kier alpha value is -1.92. The standard InChI is InChI=1S/C62H117NO5/c1-3-5-7-9-11-13-15-17-19-21-22-23-24-25-26-27-28-29-30-32-34-38-42-46-50-54-60(65)59(58-64)63-61(66)55-51-47-43-39-36-37-41-45-49-53-57-68-62(67)56-52-48-44-40-35-33-31-20-18-16-14-12-10-8-6-4-2/h14,16,20,31,37,41,59-60,64-65H,3-13,15,17-19,21-30,32-36,38-40,42-58H2,1-2H3,(H,63,66)/b16-14-,31-20-,41-37-. The van der Waals surface area contributed by atoms with Gasteiger partial charge in [0.25, 0.3) is 0 Å². The van der Waals surface area contributed by atoms with Crippen molar-refractivity contribution in [1.29, 1.82) is 0 Å². The molecule has 400 valence electrons. The Morgan fingerprint density at radius 2 is 0.735 bits per heavy atom. The minimum absolute atomic E-state index is 0.0490. The quantitative estimate of drug-likeness (QED) is 0.0321. The van der Waals surface area contributed by atoms with Crippen LogP contribution < -0.4 is 5.32 Å². The van der Waals surface area contributed by atoms with Gasteiger partial charge in [0.2, 0.25) is 5.91 Å². The fraction of sp³-hybridized carbons (Fsp3) is 0.871. The molecule has 6 heteroatoms. The smallest absolute Gasteiger partial charge is 0.305 e. The predicted octanol–water partition coefficient (Wildman–Crippen LogP) is 18.8. The molecule has 0 radical (unpaired) electrons. The zero-order chi connectivity index (χ0) is 49.3. The molecule has 1 amide bonds. The van der Waals surface area contributed by atoms with Crippen LogP contribution in [0.5, 0.6) is 0 Å². The summed E-state index contributed by atoms with van der Waals surface area (Å²) in [6.45, 7) is 4.86. The minimum atomic E-state index is -0.689. The van der Waals surface area contributed by atoms with E-state index in [1.807, 2.05) is 0 Å². The maximum atomic E-state index is 12.5. The second-order valence-electron chi connectivity index (χ2n) is 20.7. The molecular weight excluding hydrogens is 839 g/mol. The molecule has 68 heavy (non-hydrogen) atoms. The van der Waals surface area contributed by atoms with Crippen LogP contribution >= 0.6 is 0 Å². The van der Waals surface area contributed by atoms with Gasteiger partial charge in [-0.05, 0) is 83.5 Å². The third-order valence-corrected chi connectivity index (χ3v) is 13.9. The number of carbonyl (C=O) groups is 2. The van der Waals surface area contributed by atoms with Gasteiger partial charge in [-0.3, -0.25) is 9.59 Å². The molecule has 0 aromatic heterocycles. The largest absolute Gasteiger partial charge is 0.466 e. The van der Waals surface area contributed by atoms with Crippen molar-refractivity contribution >= 4 is 11.9 Å². The van der Waals surface area contributed by atoms with E-state index in [0.29, 0.717) is 25.9 Å². The lowest BCUT2D eigenvalue weighted by Gasteiger charge is -2.22. The van der Waals surface area contributed by atoms with Crippen LogP contribution in [0.1, 0.15) is 322 Å². The van der Waals surface area contributed by atoms with Crippen LogP contribution in [-0.2, 0) is 14.3 Å². The van der Waals surface area contributed by atoms with E-state index in [9.17, 15) is 19.8 Å². The first kappa shape index (κ1) is 66.1. The monoisotopic (exact) mass is 956 g/mol. The molecule has 0 heterocycles. The molecule has 0 spiro atoms. The third-order valence-electron chi connectivity index (χ3n) is 13.9. The van der Waals surface area contributed by atoms with Gasteiger partial charge in [-0.25, -0.2) is 0 Å². The molecule has 0 aromatic rings. The summed E-state index contributed by atoms with van der Waals surface area (Å²) >= 11 is 0. The van der Waals surface area contributed by atoms with Crippen molar-refractivity contribution < 1.29 is 24.5 Å². The summed E-state index contributed by atoms with van der Waals surface area (Å²) in [7, 11) is 0. The van der Waals surface area contributed by atoms with Gasteiger partial charge in [0.05, 0.1) is 25.4 Å². The molecule has 3 N–H and O–H groups in total. The van der Waals surface area contributed by atoms with Crippen LogP contribution in [0.3, 0.4) is 0 Å². The van der Waals surface area contributed by atoms with Crippen molar-refractivity contribution in [2.45, 2.75) is 334 Å². The summed E-state index contributed by atoms with van der Waals surface area (Å²) < 4.78 is 5.44. The zero-order valence-corrected chi connectivity index (χ0v) is 45.6. The van der Waals surface area contributed by atoms with Gasteiger partial charge >= 0.3 is 5.97 Å².